The van der Waals surface area contributed by atoms with Crippen molar-refractivity contribution < 1.29 is 13.9 Å². The van der Waals surface area contributed by atoms with Crippen LogP contribution in [0.2, 0.25) is 0 Å². The van der Waals surface area contributed by atoms with Gasteiger partial charge in [0.1, 0.15) is 23.2 Å². The fraction of sp³-hybridized carbons (Fsp3) is 0.200. The number of hydrogen-bond donors (Lipinski definition) is 1. The highest BCUT2D eigenvalue weighted by molar-refractivity contribution is 7.98. The van der Waals surface area contributed by atoms with Crippen LogP contribution < -0.4 is 5.73 Å². The lowest BCUT2D eigenvalue weighted by atomic mass is 10.0. The van der Waals surface area contributed by atoms with Gasteiger partial charge in [-0.1, -0.05) is 41.6 Å². The van der Waals surface area contributed by atoms with E-state index in [0.717, 1.165) is 11.1 Å². The van der Waals surface area contributed by atoms with Crippen molar-refractivity contribution in [3.8, 4) is 6.07 Å². The maximum absolute atomic E-state index is 11.5. The van der Waals surface area contributed by atoms with Gasteiger partial charge in [-0.25, -0.2) is 14.8 Å². The number of esters is 1. The van der Waals surface area contributed by atoms with Gasteiger partial charge in [0, 0.05) is 6.42 Å². The summed E-state index contributed by atoms with van der Waals surface area (Å²) in [5.41, 5.74) is 9.02. The molecule has 1 aromatic carbocycles. The van der Waals surface area contributed by atoms with E-state index >= 15 is 0 Å². The van der Waals surface area contributed by atoms with E-state index in [4.69, 9.17) is 10.2 Å². The van der Waals surface area contributed by atoms with Gasteiger partial charge < -0.3 is 14.9 Å². The molecular formula is C20H18N4O3S. The number of rotatable bonds is 6. The lowest BCUT2D eigenvalue weighted by Crippen LogP contribution is -2.06. The summed E-state index contributed by atoms with van der Waals surface area (Å²) >= 11 is 1.31. The first-order valence-electron chi connectivity index (χ1n) is 8.42. The summed E-state index contributed by atoms with van der Waals surface area (Å²) in [6, 6.07) is 13.3. The van der Waals surface area contributed by atoms with Crippen molar-refractivity contribution >= 4 is 23.5 Å². The highest BCUT2D eigenvalue weighted by Crippen LogP contribution is 2.25. The number of furan rings is 1. The predicted molar refractivity (Wildman–Crippen MR) is 105 cm³/mol. The molecule has 2 heterocycles. The molecule has 3 aromatic rings. The van der Waals surface area contributed by atoms with E-state index in [1.807, 2.05) is 31.2 Å². The fourth-order valence-corrected chi connectivity index (χ4v) is 3.40. The maximum atomic E-state index is 11.5. The summed E-state index contributed by atoms with van der Waals surface area (Å²) in [4.78, 5) is 20.2. The molecule has 0 bridgehead atoms. The number of carbonyl (C=O) groups excluding carboxylic acids is 1. The standard InChI is InChI=1S/C20H18N4O3S/c1-12-4-3-5-13(8-12)9-16-15(10-21)18(22)24-20(23-16)28-11-14-6-7-17(27-14)19(25)26-2/h3-8H,9,11H2,1-2H3,(H2,22,23,24). The second kappa shape index (κ2) is 8.59. The number of benzene rings is 1. The fourth-order valence-electron chi connectivity index (χ4n) is 2.63. The minimum Gasteiger partial charge on any atom is -0.463 e. The number of aromatic nitrogens is 2. The van der Waals surface area contributed by atoms with Gasteiger partial charge in [0.15, 0.2) is 5.16 Å². The molecule has 0 aliphatic carbocycles. The van der Waals surface area contributed by atoms with Crippen LogP contribution in [-0.2, 0) is 16.9 Å². The molecule has 0 fully saturated rings. The molecule has 28 heavy (non-hydrogen) atoms. The van der Waals surface area contributed by atoms with Crippen molar-refractivity contribution in [2.45, 2.75) is 24.3 Å². The van der Waals surface area contributed by atoms with Gasteiger partial charge in [-0.05, 0) is 24.6 Å². The van der Waals surface area contributed by atoms with Crippen LogP contribution in [0.25, 0.3) is 0 Å². The lowest BCUT2D eigenvalue weighted by Gasteiger charge is -2.09. The molecule has 8 heteroatoms. The Hall–Kier alpha value is -3.31. The summed E-state index contributed by atoms with van der Waals surface area (Å²) in [5, 5.41) is 9.87. The molecule has 0 aliphatic heterocycles. The van der Waals surface area contributed by atoms with Gasteiger partial charge in [0.2, 0.25) is 5.76 Å². The molecule has 2 N–H and O–H groups in total. The molecule has 0 saturated carbocycles. The molecule has 2 aromatic heterocycles. The van der Waals surface area contributed by atoms with Crippen LogP contribution in [0.3, 0.4) is 0 Å². The molecule has 7 nitrogen and oxygen atoms in total. The SMILES string of the molecule is COC(=O)c1ccc(CSc2nc(N)c(C#N)c(Cc3cccc(C)c3)n2)o1. The molecule has 0 atom stereocenters. The molecular weight excluding hydrogens is 376 g/mol. The zero-order valence-corrected chi connectivity index (χ0v) is 16.2. The van der Waals surface area contributed by atoms with Crippen LogP contribution in [0.4, 0.5) is 5.82 Å². The highest BCUT2D eigenvalue weighted by atomic mass is 32.2. The van der Waals surface area contributed by atoms with Gasteiger partial charge in [-0.3, -0.25) is 0 Å². The molecule has 0 spiro atoms. The number of aryl methyl sites for hydroxylation is 1. The van der Waals surface area contributed by atoms with Gasteiger partial charge in [-0.2, -0.15) is 5.26 Å². The first-order valence-corrected chi connectivity index (χ1v) is 9.40. The topological polar surface area (TPSA) is 115 Å². The van der Waals surface area contributed by atoms with E-state index in [0.29, 0.717) is 28.8 Å². The first kappa shape index (κ1) is 19.5. The van der Waals surface area contributed by atoms with E-state index < -0.39 is 5.97 Å². The van der Waals surface area contributed by atoms with Gasteiger partial charge >= 0.3 is 5.97 Å². The number of thioether (sulfide) groups is 1. The summed E-state index contributed by atoms with van der Waals surface area (Å²) in [6.45, 7) is 2.01. The third-order valence-electron chi connectivity index (χ3n) is 3.95. The number of hydrogen-bond acceptors (Lipinski definition) is 8. The quantitative estimate of drug-likeness (QED) is 0.384. The third kappa shape index (κ3) is 4.50. The monoisotopic (exact) mass is 394 g/mol. The minimum absolute atomic E-state index is 0.137. The third-order valence-corrected chi connectivity index (χ3v) is 4.82. The van der Waals surface area contributed by atoms with Gasteiger partial charge in [0.05, 0.1) is 18.6 Å². The van der Waals surface area contributed by atoms with Crippen molar-refractivity contribution in [1.82, 2.24) is 9.97 Å². The van der Waals surface area contributed by atoms with Gasteiger partial charge in [-0.15, -0.1) is 0 Å². The minimum atomic E-state index is -0.532. The Bertz CT molecular complexity index is 1060. The number of nitrogens with two attached hydrogens (primary N) is 1. The first-order chi connectivity index (χ1) is 13.5. The Kier molecular flexibility index (Phi) is 5.96. The van der Waals surface area contributed by atoms with Crippen molar-refractivity contribution in [2.75, 3.05) is 12.8 Å². The van der Waals surface area contributed by atoms with E-state index in [1.54, 1.807) is 12.1 Å². The predicted octanol–water partition coefficient (Wildman–Crippen LogP) is 3.50. The Morgan fingerprint density at radius 3 is 2.86 bits per heavy atom. The average molecular weight is 394 g/mol. The van der Waals surface area contributed by atoms with Crippen molar-refractivity contribution in [1.29, 1.82) is 5.26 Å². The van der Waals surface area contributed by atoms with Crippen LogP contribution in [0.5, 0.6) is 0 Å². The Labute approximate surface area is 166 Å². The number of carbonyl (C=O) groups is 1. The van der Waals surface area contributed by atoms with Crippen molar-refractivity contribution in [3.05, 3.63) is 70.3 Å². The summed E-state index contributed by atoms with van der Waals surface area (Å²) in [7, 11) is 1.29. The second-order valence-electron chi connectivity index (χ2n) is 6.04. The number of nitriles is 1. The Balaban J connectivity index is 1.80. The summed E-state index contributed by atoms with van der Waals surface area (Å²) < 4.78 is 10.1. The molecule has 142 valence electrons. The Morgan fingerprint density at radius 1 is 1.32 bits per heavy atom. The second-order valence-corrected chi connectivity index (χ2v) is 6.98. The van der Waals surface area contributed by atoms with Gasteiger partial charge in [0.25, 0.3) is 0 Å². The molecule has 0 amide bonds. The van der Waals surface area contributed by atoms with Crippen LogP contribution in [-0.4, -0.2) is 23.0 Å². The number of anilines is 1. The summed E-state index contributed by atoms with van der Waals surface area (Å²) in [6.07, 6.45) is 0.484. The Morgan fingerprint density at radius 2 is 2.14 bits per heavy atom. The van der Waals surface area contributed by atoms with Crippen molar-refractivity contribution in [2.24, 2.45) is 0 Å². The zero-order valence-electron chi connectivity index (χ0n) is 15.4. The summed E-state index contributed by atoms with van der Waals surface area (Å²) in [5.74, 6) is 0.746. The molecule has 3 rings (SSSR count). The van der Waals surface area contributed by atoms with Crippen LogP contribution in [0, 0.1) is 18.3 Å². The largest absolute Gasteiger partial charge is 0.463 e. The number of ether oxygens (including phenoxy) is 1. The molecule has 0 unspecified atom stereocenters. The number of nitrogen functional groups attached to an aromatic ring is 1. The van der Waals surface area contributed by atoms with Crippen molar-refractivity contribution in [3.63, 3.8) is 0 Å². The molecule has 0 aliphatic rings. The number of nitrogens with zero attached hydrogens (tertiary/aromatic N) is 3. The molecule has 0 radical (unpaired) electrons. The normalized spacial score (nSPS) is 10.5. The maximum Gasteiger partial charge on any atom is 0.373 e. The van der Waals surface area contributed by atoms with E-state index in [2.05, 4.69) is 20.8 Å². The molecule has 0 saturated heterocycles. The van der Waals surface area contributed by atoms with E-state index in [-0.39, 0.29) is 17.1 Å². The lowest BCUT2D eigenvalue weighted by molar-refractivity contribution is 0.0563. The number of methoxy groups -OCH3 is 1. The zero-order chi connectivity index (χ0) is 20.1. The van der Waals surface area contributed by atoms with E-state index in [1.165, 1.54) is 18.9 Å². The highest BCUT2D eigenvalue weighted by Gasteiger charge is 2.15. The van der Waals surface area contributed by atoms with E-state index in [9.17, 15) is 10.1 Å². The van der Waals surface area contributed by atoms with Crippen LogP contribution >= 0.6 is 11.8 Å². The van der Waals surface area contributed by atoms with Crippen LogP contribution in [0.15, 0.2) is 46.0 Å². The van der Waals surface area contributed by atoms with Crippen LogP contribution in [0.1, 0.15) is 38.7 Å². The average Bonchev–Trinajstić information content (AvgIpc) is 3.15. The smallest absolute Gasteiger partial charge is 0.373 e.